The Morgan fingerprint density at radius 2 is 1.69 bits per heavy atom. The molecule has 5 rings (SSSR count). The van der Waals surface area contributed by atoms with Crippen molar-refractivity contribution >= 4 is 34.0 Å². The number of aryl methyl sites for hydroxylation is 5. The normalized spacial score (nSPS) is 11.3. The Bertz CT molecular complexity index is 1600. The second kappa shape index (κ2) is 8.70. The number of aromatic nitrogens is 4. The molecule has 0 unspecified atom stereocenters. The number of anilines is 1. The van der Waals surface area contributed by atoms with Gasteiger partial charge in [-0.15, -0.1) is 11.3 Å². The van der Waals surface area contributed by atoms with Gasteiger partial charge in [-0.3, -0.25) is 4.79 Å². The highest BCUT2D eigenvalue weighted by Gasteiger charge is 2.20. The lowest BCUT2D eigenvalue weighted by molar-refractivity contribution is 0.102. The van der Waals surface area contributed by atoms with E-state index in [9.17, 15) is 9.18 Å². The maximum absolute atomic E-state index is 13.3. The van der Waals surface area contributed by atoms with E-state index in [1.165, 1.54) is 29.0 Å². The highest BCUT2D eigenvalue weighted by atomic mass is 32.1. The van der Waals surface area contributed by atoms with Crippen LogP contribution >= 0.6 is 11.3 Å². The largest absolute Gasteiger partial charge is 0.306 e. The van der Waals surface area contributed by atoms with Crippen LogP contribution in [0.4, 0.5) is 10.2 Å². The lowest BCUT2D eigenvalue weighted by Crippen LogP contribution is -2.15. The van der Waals surface area contributed by atoms with Crippen LogP contribution in [0.25, 0.3) is 27.3 Å². The van der Waals surface area contributed by atoms with E-state index in [1.807, 2.05) is 26.0 Å². The fourth-order valence-corrected chi connectivity index (χ4v) is 5.16. The molecular weight excluding hydrogens is 461 g/mol. The molecule has 176 valence electrons. The lowest BCUT2D eigenvalue weighted by atomic mass is 10.0. The van der Waals surface area contributed by atoms with Crippen molar-refractivity contribution in [3.05, 3.63) is 87.3 Å². The number of thiazole rings is 1. The van der Waals surface area contributed by atoms with Gasteiger partial charge in [-0.2, -0.15) is 9.78 Å². The van der Waals surface area contributed by atoms with Crippen molar-refractivity contribution in [2.75, 3.05) is 5.32 Å². The molecule has 8 heteroatoms. The van der Waals surface area contributed by atoms with Crippen molar-refractivity contribution in [2.45, 2.75) is 34.6 Å². The summed E-state index contributed by atoms with van der Waals surface area (Å²) < 4.78 is 15.0. The van der Waals surface area contributed by atoms with Gasteiger partial charge in [0.2, 0.25) is 0 Å². The number of benzene rings is 2. The molecular formula is C27H24FN5OS. The highest BCUT2D eigenvalue weighted by molar-refractivity contribution is 7.17. The van der Waals surface area contributed by atoms with E-state index in [2.05, 4.69) is 41.4 Å². The number of nitrogens with one attached hydrogen (secondary N) is 1. The van der Waals surface area contributed by atoms with Crippen LogP contribution < -0.4 is 5.32 Å². The summed E-state index contributed by atoms with van der Waals surface area (Å²) in [5.74, 6) is 0.573. The zero-order valence-electron chi connectivity index (χ0n) is 20.1. The second-order valence-electron chi connectivity index (χ2n) is 8.75. The first kappa shape index (κ1) is 22.9. The van der Waals surface area contributed by atoms with Gasteiger partial charge in [0.05, 0.1) is 16.9 Å². The molecule has 0 saturated heterocycles. The topological polar surface area (TPSA) is 72.7 Å². The standard InChI is InChI=1S/C27H24FN5OS/c1-14-10-16(3)24-21(11-14)15(2)12-22(30-24)33-23(13-17(4)32-33)31-26(34)25-18(5)29-27(35-25)19-6-8-20(28)9-7-19/h6-13H,1-5H3,(H,31,34). The smallest absolute Gasteiger partial charge is 0.268 e. The molecule has 0 fully saturated rings. The quantitative estimate of drug-likeness (QED) is 0.316. The van der Waals surface area contributed by atoms with Crippen molar-refractivity contribution < 1.29 is 9.18 Å². The van der Waals surface area contributed by atoms with Crippen LogP contribution in [0.2, 0.25) is 0 Å². The van der Waals surface area contributed by atoms with Crippen LogP contribution in [0, 0.1) is 40.4 Å². The fourth-order valence-electron chi connectivity index (χ4n) is 4.19. The Balaban J connectivity index is 1.50. The van der Waals surface area contributed by atoms with Gasteiger partial charge in [-0.1, -0.05) is 11.6 Å². The van der Waals surface area contributed by atoms with E-state index in [-0.39, 0.29) is 11.7 Å². The van der Waals surface area contributed by atoms with Crippen LogP contribution in [-0.4, -0.2) is 25.7 Å². The molecule has 3 aromatic heterocycles. The minimum atomic E-state index is -0.313. The van der Waals surface area contributed by atoms with Crippen molar-refractivity contribution in [3.8, 4) is 16.4 Å². The minimum Gasteiger partial charge on any atom is -0.306 e. The molecule has 0 bridgehead atoms. The van der Waals surface area contributed by atoms with Gasteiger partial charge in [-0.05, 0) is 82.1 Å². The van der Waals surface area contributed by atoms with Crippen LogP contribution in [0.5, 0.6) is 0 Å². The predicted octanol–water partition coefficient (Wildman–Crippen LogP) is 6.48. The third kappa shape index (κ3) is 4.33. The average Bonchev–Trinajstić information content (AvgIpc) is 3.37. The highest BCUT2D eigenvalue weighted by Crippen LogP contribution is 2.30. The van der Waals surface area contributed by atoms with Crippen LogP contribution in [-0.2, 0) is 0 Å². The molecule has 0 saturated carbocycles. The summed E-state index contributed by atoms with van der Waals surface area (Å²) in [7, 11) is 0. The molecule has 2 aromatic carbocycles. The minimum absolute atomic E-state index is 0.279. The van der Waals surface area contributed by atoms with E-state index in [0.717, 1.165) is 33.3 Å². The first-order valence-corrected chi connectivity index (χ1v) is 12.0. The van der Waals surface area contributed by atoms with E-state index in [4.69, 9.17) is 4.98 Å². The third-order valence-electron chi connectivity index (χ3n) is 5.83. The maximum Gasteiger partial charge on any atom is 0.268 e. The number of rotatable bonds is 4. The zero-order chi connectivity index (χ0) is 24.9. The van der Waals surface area contributed by atoms with Gasteiger partial charge >= 0.3 is 0 Å². The van der Waals surface area contributed by atoms with Gasteiger partial charge in [0.25, 0.3) is 5.91 Å². The van der Waals surface area contributed by atoms with Gasteiger partial charge in [0.15, 0.2) is 5.82 Å². The molecule has 0 atom stereocenters. The van der Waals surface area contributed by atoms with E-state index in [0.29, 0.717) is 27.2 Å². The average molecular weight is 486 g/mol. The summed E-state index contributed by atoms with van der Waals surface area (Å²) in [6, 6.07) is 14.1. The number of fused-ring (bicyclic) bond motifs is 1. The molecule has 0 aliphatic heterocycles. The van der Waals surface area contributed by atoms with Crippen molar-refractivity contribution in [1.29, 1.82) is 0 Å². The summed E-state index contributed by atoms with van der Waals surface area (Å²) in [5, 5.41) is 9.35. The van der Waals surface area contributed by atoms with Crippen LogP contribution in [0.1, 0.15) is 37.7 Å². The van der Waals surface area contributed by atoms with E-state index in [1.54, 1.807) is 23.7 Å². The monoisotopic (exact) mass is 485 g/mol. The molecule has 5 aromatic rings. The number of nitrogens with zero attached hydrogens (tertiary/aromatic N) is 4. The van der Waals surface area contributed by atoms with E-state index >= 15 is 0 Å². The molecule has 3 heterocycles. The van der Waals surface area contributed by atoms with Crippen LogP contribution in [0.3, 0.4) is 0 Å². The summed E-state index contributed by atoms with van der Waals surface area (Å²) >= 11 is 1.27. The molecule has 0 spiro atoms. The summed E-state index contributed by atoms with van der Waals surface area (Å²) in [5.41, 5.74) is 6.42. The first-order chi connectivity index (χ1) is 16.7. The summed E-state index contributed by atoms with van der Waals surface area (Å²) in [4.78, 5) is 23.1. The second-order valence-corrected chi connectivity index (χ2v) is 9.75. The van der Waals surface area contributed by atoms with Crippen LogP contribution in [0.15, 0.2) is 48.5 Å². The maximum atomic E-state index is 13.3. The van der Waals surface area contributed by atoms with E-state index < -0.39 is 0 Å². The third-order valence-corrected chi connectivity index (χ3v) is 7.03. The molecule has 1 amide bonds. The Hall–Kier alpha value is -3.91. The molecule has 35 heavy (non-hydrogen) atoms. The number of pyridine rings is 1. The zero-order valence-corrected chi connectivity index (χ0v) is 20.9. The van der Waals surface area contributed by atoms with Gasteiger partial charge in [0, 0.05) is 17.0 Å². The number of carbonyl (C=O) groups excluding carboxylic acids is 1. The Labute approximate surface area is 206 Å². The number of hydrogen-bond acceptors (Lipinski definition) is 5. The van der Waals surface area contributed by atoms with Crippen molar-refractivity contribution in [3.63, 3.8) is 0 Å². The number of carbonyl (C=O) groups is 1. The lowest BCUT2D eigenvalue weighted by Gasteiger charge is -2.12. The predicted molar refractivity (Wildman–Crippen MR) is 138 cm³/mol. The Morgan fingerprint density at radius 3 is 2.43 bits per heavy atom. The molecule has 0 aliphatic rings. The van der Waals surface area contributed by atoms with Crippen molar-refractivity contribution in [1.82, 2.24) is 19.7 Å². The SMILES string of the molecule is Cc1cc(C)c2nc(-n3nc(C)cc3NC(=O)c3sc(-c4ccc(F)cc4)nc3C)cc(C)c2c1. The Kier molecular flexibility index (Phi) is 5.68. The number of amides is 1. The molecule has 0 aliphatic carbocycles. The number of hydrogen-bond donors (Lipinski definition) is 1. The number of halogens is 1. The first-order valence-electron chi connectivity index (χ1n) is 11.2. The van der Waals surface area contributed by atoms with Gasteiger partial charge < -0.3 is 5.32 Å². The van der Waals surface area contributed by atoms with Crippen molar-refractivity contribution in [2.24, 2.45) is 0 Å². The summed E-state index contributed by atoms with van der Waals surface area (Å²) in [6.07, 6.45) is 0. The molecule has 6 nitrogen and oxygen atoms in total. The fraction of sp³-hybridized carbons (Fsp3) is 0.185. The molecule has 0 radical (unpaired) electrons. The Morgan fingerprint density at radius 1 is 0.943 bits per heavy atom. The van der Waals surface area contributed by atoms with Gasteiger partial charge in [0.1, 0.15) is 21.5 Å². The van der Waals surface area contributed by atoms with Gasteiger partial charge in [-0.25, -0.2) is 14.4 Å². The summed E-state index contributed by atoms with van der Waals surface area (Å²) in [6.45, 7) is 9.85. The molecule has 1 N–H and O–H groups in total.